The summed E-state index contributed by atoms with van der Waals surface area (Å²) in [4.78, 5) is 31.0. The van der Waals surface area contributed by atoms with Gasteiger partial charge in [0.1, 0.15) is 6.61 Å². The lowest BCUT2D eigenvalue weighted by molar-refractivity contribution is -0.276. The molecular formula is C21H23F5N4O4. The van der Waals surface area contributed by atoms with Crippen molar-refractivity contribution < 1.29 is 41.0 Å². The Labute approximate surface area is 191 Å². The number of carbonyl (C=O) groups excluding carboxylic acids is 2. The number of pyridine rings is 1. The summed E-state index contributed by atoms with van der Waals surface area (Å²) in [7, 11) is 0. The van der Waals surface area contributed by atoms with Gasteiger partial charge in [-0.05, 0) is 25.3 Å². The molecule has 34 heavy (non-hydrogen) atoms. The molecule has 0 unspecified atom stereocenters. The number of morpholine rings is 1. The van der Waals surface area contributed by atoms with Crippen LogP contribution < -0.4 is 10.1 Å². The van der Waals surface area contributed by atoms with Gasteiger partial charge in [0.25, 0.3) is 5.92 Å². The smallest absolute Gasteiger partial charge is 0.388 e. The number of likely N-dealkylation sites (tertiary alicyclic amines) is 2. The quantitative estimate of drug-likeness (QED) is 0.659. The Bertz CT molecular complexity index is 959. The number of aromatic nitrogens is 1. The maximum Gasteiger partial charge on any atom is 0.574 e. The molecule has 0 bridgehead atoms. The van der Waals surface area contributed by atoms with Crippen molar-refractivity contribution in [3.8, 4) is 5.88 Å². The molecule has 3 saturated heterocycles. The van der Waals surface area contributed by atoms with E-state index in [2.05, 4.69) is 15.0 Å². The summed E-state index contributed by atoms with van der Waals surface area (Å²) in [5, 5.41) is 2.84. The third-order valence-corrected chi connectivity index (χ3v) is 7.13. The van der Waals surface area contributed by atoms with E-state index in [0.29, 0.717) is 38.8 Å². The van der Waals surface area contributed by atoms with Crippen molar-refractivity contribution >= 4 is 11.9 Å². The SMILES string of the molecule is O=C1CO[C@H]2CCN(C(=O)N3CC4(CC(C(F)(F)c5ccc(OC(F)(F)F)nc5)C4)C3)C[C@H]2N1. The van der Waals surface area contributed by atoms with Crippen molar-refractivity contribution in [2.24, 2.45) is 11.3 Å². The summed E-state index contributed by atoms with van der Waals surface area (Å²) in [6.07, 6.45) is -3.31. The number of alkyl halides is 5. The number of rotatable bonds is 3. The zero-order valence-corrected chi connectivity index (χ0v) is 18.0. The molecular weight excluding hydrogens is 467 g/mol. The van der Waals surface area contributed by atoms with Gasteiger partial charge in [-0.3, -0.25) is 4.79 Å². The fourth-order valence-electron chi connectivity index (χ4n) is 5.46. The first-order valence-electron chi connectivity index (χ1n) is 11.0. The second-order valence-electron chi connectivity index (χ2n) is 9.56. The fourth-order valence-corrected chi connectivity index (χ4v) is 5.46. The van der Waals surface area contributed by atoms with Crippen LogP contribution in [0.4, 0.5) is 26.7 Å². The minimum absolute atomic E-state index is 0.0249. The van der Waals surface area contributed by atoms with Crippen LogP contribution in [0.3, 0.4) is 0 Å². The maximum atomic E-state index is 14.9. The van der Waals surface area contributed by atoms with Gasteiger partial charge in [-0.1, -0.05) is 0 Å². The van der Waals surface area contributed by atoms with E-state index in [-0.39, 0.29) is 48.9 Å². The standard InChI is InChI=1S/C21H23F5N4O4/c22-20(23,12-1-2-17(27-7-12)34-21(24,25)26)13-5-19(6-13)10-30(11-19)18(32)29-4-3-15-14(8-29)28-16(31)9-33-15/h1-2,7,13-15H,3-6,8-11H2,(H,28,31)/t14-,15+/m1/s1. The molecule has 1 aromatic heterocycles. The van der Waals surface area contributed by atoms with Crippen molar-refractivity contribution in [1.29, 1.82) is 0 Å². The zero-order chi connectivity index (χ0) is 24.3. The minimum atomic E-state index is -4.95. The topological polar surface area (TPSA) is 84.0 Å². The number of hydrogen-bond acceptors (Lipinski definition) is 5. The molecule has 8 nitrogen and oxygen atoms in total. The number of nitrogens with one attached hydrogen (secondary N) is 1. The molecule has 3 aliphatic heterocycles. The van der Waals surface area contributed by atoms with Crippen LogP contribution in [0.5, 0.6) is 5.88 Å². The second kappa shape index (κ2) is 7.92. The Morgan fingerprint density at radius 3 is 2.56 bits per heavy atom. The lowest BCUT2D eigenvalue weighted by atomic mass is 9.55. The molecule has 3 amide bonds. The largest absolute Gasteiger partial charge is 0.574 e. The van der Waals surface area contributed by atoms with Gasteiger partial charge in [0.15, 0.2) is 0 Å². The van der Waals surface area contributed by atoms with E-state index < -0.39 is 29.6 Å². The highest BCUT2D eigenvalue weighted by Gasteiger charge is 2.61. The van der Waals surface area contributed by atoms with Gasteiger partial charge >= 0.3 is 12.4 Å². The molecule has 1 aromatic rings. The molecule has 186 valence electrons. The molecule has 1 spiro atoms. The lowest BCUT2D eigenvalue weighted by Gasteiger charge is -2.60. The number of ether oxygens (including phenoxy) is 2. The Balaban J connectivity index is 1.12. The van der Waals surface area contributed by atoms with E-state index in [0.717, 1.165) is 12.1 Å². The average molecular weight is 490 g/mol. The first-order chi connectivity index (χ1) is 15.9. The molecule has 1 N–H and O–H groups in total. The Hall–Kier alpha value is -2.70. The summed E-state index contributed by atoms with van der Waals surface area (Å²) in [6, 6.07) is 1.25. The Kier molecular flexibility index (Phi) is 5.37. The van der Waals surface area contributed by atoms with Crippen LogP contribution in [-0.2, 0) is 15.5 Å². The Morgan fingerprint density at radius 2 is 1.91 bits per heavy atom. The molecule has 0 radical (unpaired) electrons. The van der Waals surface area contributed by atoms with E-state index in [4.69, 9.17) is 4.74 Å². The van der Waals surface area contributed by atoms with E-state index in [1.54, 1.807) is 9.80 Å². The van der Waals surface area contributed by atoms with Crippen LogP contribution in [0.1, 0.15) is 24.8 Å². The van der Waals surface area contributed by atoms with Crippen molar-refractivity contribution in [1.82, 2.24) is 20.1 Å². The molecule has 13 heteroatoms. The number of fused-ring (bicyclic) bond motifs is 1. The van der Waals surface area contributed by atoms with E-state index in [9.17, 15) is 31.5 Å². The predicted molar refractivity (Wildman–Crippen MR) is 105 cm³/mol. The van der Waals surface area contributed by atoms with E-state index in [1.165, 1.54) is 0 Å². The maximum absolute atomic E-state index is 14.9. The lowest BCUT2D eigenvalue weighted by Crippen LogP contribution is -2.69. The summed E-state index contributed by atoms with van der Waals surface area (Å²) in [5.74, 6) is -5.24. The van der Waals surface area contributed by atoms with Gasteiger partial charge < -0.3 is 24.6 Å². The predicted octanol–water partition coefficient (Wildman–Crippen LogP) is 2.49. The highest BCUT2D eigenvalue weighted by molar-refractivity contribution is 5.79. The third kappa shape index (κ3) is 4.25. The summed E-state index contributed by atoms with van der Waals surface area (Å²) in [6.45, 7) is 1.63. The van der Waals surface area contributed by atoms with Gasteiger partial charge in [-0.2, -0.15) is 0 Å². The molecule has 2 atom stereocenters. The van der Waals surface area contributed by atoms with Crippen molar-refractivity contribution in [3.63, 3.8) is 0 Å². The number of halogens is 5. The van der Waals surface area contributed by atoms with Crippen LogP contribution in [0.25, 0.3) is 0 Å². The molecule has 1 saturated carbocycles. The van der Waals surface area contributed by atoms with Crippen molar-refractivity contribution in [2.75, 3.05) is 32.8 Å². The summed E-state index contributed by atoms with van der Waals surface area (Å²) < 4.78 is 75.6. The molecule has 4 aliphatic rings. The van der Waals surface area contributed by atoms with Crippen molar-refractivity contribution in [3.05, 3.63) is 23.9 Å². The molecule has 5 rings (SSSR count). The van der Waals surface area contributed by atoms with Gasteiger partial charge in [0.2, 0.25) is 11.8 Å². The van der Waals surface area contributed by atoms with Gasteiger partial charge in [0.05, 0.1) is 12.1 Å². The zero-order valence-electron chi connectivity index (χ0n) is 18.0. The first-order valence-corrected chi connectivity index (χ1v) is 11.0. The minimum Gasteiger partial charge on any atom is -0.388 e. The van der Waals surface area contributed by atoms with Crippen LogP contribution in [0.15, 0.2) is 18.3 Å². The van der Waals surface area contributed by atoms with Crippen LogP contribution in [0, 0.1) is 11.3 Å². The monoisotopic (exact) mass is 490 g/mol. The number of nitrogens with zero attached hydrogens (tertiary/aromatic N) is 3. The number of amides is 3. The van der Waals surface area contributed by atoms with Crippen molar-refractivity contribution in [2.45, 2.75) is 43.7 Å². The van der Waals surface area contributed by atoms with Crippen LogP contribution >= 0.6 is 0 Å². The third-order valence-electron chi connectivity index (χ3n) is 7.13. The van der Waals surface area contributed by atoms with Gasteiger partial charge in [0, 0.05) is 55.3 Å². The van der Waals surface area contributed by atoms with Crippen LogP contribution in [0.2, 0.25) is 0 Å². The first kappa shape index (κ1) is 23.1. The number of hydrogen-bond donors (Lipinski definition) is 1. The highest BCUT2D eigenvalue weighted by Crippen LogP contribution is 2.59. The number of piperidine rings is 1. The van der Waals surface area contributed by atoms with E-state index >= 15 is 0 Å². The Morgan fingerprint density at radius 1 is 1.18 bits per heavy atom. The van der Waals surface area contributed by atoms with Crippen LogP contribution in [-0.4, -0.2) is 78.0 Å². The number of carbonyl (C=O) groups is 2. The fraction of sp³-hybridized carbons (Fsp3) is 0.667. The summed E-state index contributed by atoms with van der Waals surface area (Å²) in [5.41, 5.74) is -0.828. The van der Waals surface area contributed by atoms with Gasteiger partial charge in [-0.15, -0.1) is 13.2 Å². The molecule has 4 heterocycles. The molecule has 0 aromatic carbocycles. The second-order valence-corrected chi connectivity index (χ2v) is 9.56. The summed E-state index contributed by atoms with van der Waals surface area (Å²) >= 11 is 0. The molecule has 4 fully saturated rings. The van der Waals surface area contributed by atoms with E-state index in [1.807, 2.05) is 0 Å². The molecule has 1 aliphatic carbocycles. The average Bonchev–Trinajstić information content (AvgIpc) is 2.70. The normalized spacial score (nSPS) is 26.9. The van der Waals surface area contributed by atoms with Gasteiger partial charge in [-0.25, -0.2) is 18.6 Å². The highest BCUT2D eigenvalue weighted by atomic mass is 19.4. The number of urea groups is 1.